The third kappa shape index (κ3) is 5.17. The fourth-order valence-electron chi connectivity index (χ4n) is 1.46. The standard InChI is InChI=1S/C14H20N2O4/c1-4-10(2)20-12-7-5-6-11(8-12)15-14(19)16(3)9-13(17)18/h5-8,10H,4,9H2,1-3H3,(H,15,19)(H,17,18). The molecule has 0 heterocycles. The largest absolute Gasteiger partial charge is 0.491 e. The van der Waals surface area contributed by atoms with Gasteiger partial charge in [0.15, 0.2) is 0 Å². The maximum absolute atomic E-state index is 11.7. The number of anilines is 1. The van der Waals surface area contributed by atoms with E-state index in [0.29, 0.717) is 11.4 Å². The molecule has 0 aromatic heterocycles. The summed E-state index contributed by atoms with van der Waals surface area (Å²) >= 11 is 0. The highest BCUT2D eigenvalue weighted by molar-refractivity contribution is 5.91. The van der Waals surface area contributed by atoms with Crippen LogP contribution in [0, 0.1) is 0 Å². The van der Waals surface area contributed by atoms with Crippen LogP contribution in [0.5, 0.6) is 5.75 Å². The summed E-state index contributed by atoms with van der Waals surface area (Å²) in [6.45, 7) is 3.64. The summed E-state index contributed by atoms with van der Waals surface area (Å²) in [4.78, 5) is 23.4. The van der Waals surface area contributed by atoms with Crippen molar-refractivity contribution in [3.8, 4) is 5.75 Å². The first-order valence-corrected chi connectivity index (χ1v) is 6.43. The average molecular weight is 280 g/mol. The van der Waals surface area contributed by atoms with Gasteiger partial charge in [0.25, 0.3) is 0 Å². The average Bonchev–Trinajstić information content (AvgIpc) is 2.38. The minimum atomic E-state index is -1.06. The molecular formula is C14H20N2O4. The van der Waals surface area contributed by atoms with Crippen molar-refractivity contribution >= 4 is 17.7 Å². The Kier molecular flexibility index (Phi) is 5.83. The Morgan fingerprint density at radius 3 is 2.75 bits per heavy atom. The predicted molar refractivity (Wildman–Crippen MR) is 76.1 cm³/mol. The number of benzene rings is 1. The van der Waals surface area contributed by atoms with Crippen LogP contribution in [0.25, 0.3) is 0 Å². The zero-order valence-corrected chi connectivity index (χ0v) is 11.9. The Morgan fingerprint density at radius 1 is 1.45 bits per heavy atom. The van der Waals surface area contributed by atoms with E-state index in [4.69, 9.17) is 9.84 Å². The molecule has 1 aromatic carbocycles. The first-order chi connectivity index (χ1) is 9.42. The van der Waals surface area contributed by atoms with Crippen LogP contribution >= 0.6 is 0 Å². The van der Waals surface area contributed by atoms with Crippen molar-refractivity contribution in [2.24, 2.45) is 0 Å². The predicted octanol–water partition coefficient (Wildman–Crippen LogP) is 2.41. The van der Waals surface area contributed by atoms with Crippen molar-refractivity contribution in [1.82, 2.24) is 4.90 Å². The third-order valence-electron chi connectivity index (χ3n) is 2.72. The summed E-state index contributed by atoms with van der Waals surface area (Å²) in [7, 11) is 1.42. The van der Waals surface area contributed by atoms with Crippen LogP contribution in [0.3, 0.4) is 0 Å². The topological polar surface area (TPSA) is 78.9 Å². The molecule has 0 fully saturated rings. The van der Waals surface area contributed by atoms with E-state index in [9.17, 15) is 9.59 Å². The molecule has 0 saturated carbocycles. The SMILES string of the molecule is CCC(C)Oc1cccc(NC(=O)N(C)CC(=O)O)c1. The number of hydrogen-bond donors (Lipinski definition) is 2. The molecule has 1 unspecified atom stereocenters. The van der Waals surface area contributed by atoms with Gasteiger partial charge >= 0.3 is 12.0 Å². The molecule has 0 saturated heterocycles. The van der Waals surface area contributed by atoms with E-state index in [-0.39, 0.29) is 12.6 Å². The van der Waals surface area contributed by atoms with E-state index in [1.807, 2.05) is 19.9 Å². The number of carbonyl (C=O) groups excluding carboxylic acids is 1. The number of hydrogen-bond acceptors (Lipinski definition) is 3. The molecule has 2 amide bonds. The zero-order valence-electron chi connectivity index (χ0n) is 11.9. The lowest BCUT2D eigenvalue weighted by Crippen LogP contribution is -2.35. The number of nitrogens with one attached hydrogen (secondary N) is 1. The second kappa shape index (κ2) is 7.37. The van der Waals surface area contributed by atoms with Gasteiger partial charge in [-0.2, -0.15) is 0 Å². The van der Waals surface area contributed by atoms with E-state index in [1.54, 1.807) is 18.2 Å². The minimum absolute atomic E-state index is 0.0932. The van der Waals surface area contributed by atoms with Crippen molar-refractivity contribution < 1.29 is 19.4 Å². The number of urea groups is 1. The van der Waals surface area contributed by atoms with Crippen molar-refractivity contribution in [2.75, 3.05) is 18.9 Å². The molecule has 110 valence electrons. The molecule has 1 rings (SSSR count). The maximum atomic E-state index is 11.7. The van der Waals surface area contributed by atoms with Gasteiger partial charge in [-0.1, -0.05) is 13.0 Å². The minimum Gasteiger partial charge on any atom is -0.491 e. The number of carboxylic acids is 1. The van der Waals surface area contributed by atoms with Gasteiger partial charge in [0.2, 0.25) is 0 Å². The van der Waals surface area contributed by atoms with E-state index < -0.39 is 12.0 Å². The molecule has 0 bridgehead atoms. The molecule has 0 aliphatic heterocycles. The van der Waals surface area contributed by atoms with Gasteiger partial charge in [0.1, 0.15) is 12.3 Å². The second-order valence-corrected chi connectivity index (χ2v) is 4.54. The normalized spacial score (nSPS) is 11.6. The number of nitrogens with zero attached hydrogens (tertiary/aromatic N) is 1. The van der Waals surface area contributed by atoms with Crippen LogP contribution < -0.4 is 10.1 Å². The summed E-state index contributed by atoms with van der Waals surface area (Å²) in [5.74, 6) is -0.394. The van der Waals surface area contributed by atoms with Gasteiger partial charge in [0.05, 0.1) is 6.10 Å². The fourth-order valence-corrected chi connectivity index (χ4v) is 1.46. The Labute approximate surface area is 118 Å². The van der Waals surface area contributed by atoms with Crippen molar-refractivity contribution in [2.45, 2.75) is 26.4 Å². The van der Waals surface area contributed by atoms with E-state index in [0.717, 1.165) is 11.3 Å². The van der Waals surface area contributed by atoms with Gasteiger partial charge in [-0.15, -0.1) is 0 Å². The number of rotatable bonds is 6. The molecule has 0 aliphatic rings. The van der Waals surface area contributed by atoms with Crippen LogP contribution in [0.1, 0.15) is 20.3 Å². The highest BCUT2D eigenvalue weighted by Crippen LogP contribution is 2.19. The van der Waals surface area contributed by atoms with Crippen molar-refractivity contribution in [3.05, 3.63) is 24.3 Å². The van der Waals surface area contributed by atoms with Crippen molar-refractivity contribution in [1.29, 1.82) is 0 Å². The third-order valence-corrected chi connectivity index (χ3v) is 2.72. The van der Waals surface area contributed by atoms with Gasteiger partial charge in [-0.3, -0.25) is 4.79 Å². The van der Waals surface area contributed by atoms with Gasteiger partial charge in [-0.25, -0.2) is 4.79 Å². The molecule has 0 aliphatic carbocycles. The Hall–Kier alpha value is -2.24. The monoisotopic (exact) mass is 280 g/mol. The Balaban J connectivity index is 2.66. The van der Waals surface area contributed by atoms with E-state index in [1.165, 1.54) is 7.05 Å². The first kappa shape index (κ1) is 15.8. The number of carboxylic acid groups (broad SMARTS) is 1. The summed E-state index contributed by atoms with van der Waals surface area (Å²) in [6, 6.07) is 6.52. The molecule has 1 aromatic rings. The van der Waals surface area contributed by atoms with Gasteiger partial charge in [-0.05, 0) is 25.5 Å². The number of amides is 2. The number of likely N-dealkylation sites (N-methyl/N-ethyl adjacent to an activating group) is 1. The lowest BCUT2D eigenvalue weighted by Gasteiger charge is -2.17. The maximum Gasteiger partial charge on any atom is 0.323 e. The van der Waals surface area contributed by atoms with Gasteiger partial charge in [0, 0.05) is 18.8 Å². The number of aliphatic carboxylic acids is 1. The lowest BCUT2D eigenvalue weighted by atomic mass is 10.3. The number of ether oxygens (including phenoxy) is 1. The fraction of sp³-hybridized carbons (Fsp3) is 0.429. The molecule has 0 radical (unpaired) electrons. The summed E-state index contributed by atoms with van der Waals surface area (Å²) in [6.07, 6.45) is 0.980. The van der Waals surface area contributed by atoms with E-state index >= 15 is 0 Å². The van der Waals surface area contributed by atoms with Crippen molar-refractivity contribution in [3.63, 3.8) is 0 Å². The Bertz CT molecular complexity index is 476. The summed E-state index contributed by atoms with van der Waals surface area (Å²) in [5.41, 5.74) is 0.563. The zero-order chi connectivity index (χ0) is 15.1. The van der Waals surface area contributed by atoms with Crippen LogP contribution in [0.2, 0.25) is 0 Å². The number of carbonyl (C=O) groups is 2. The molecule has 2 N–H and O–H groups in total. The van der Waals surface area contributed by atoms with Crippen LogP contribution in [0.15, 0.2) is 24.3 Å². The quantitative estimate of drug-likeness (QED) is 0.838. The summed E-state index contributed by atoms with van der Waals surface area (Å²) < 4.78 is 5.65. The molecule has 20 heavy (non-hydrogen) atoms. The van der Waals surface area contributed by atoms with Crippen LogP contribution in [-0.2, 0) is 4.79 Å². The molecule has 1 atom stereocenters. The molecule has 0 spiro atoms. The highest BCUT2D eigenvalue weighted by Gasteiger charge is 2.12. The summed E-state index contributed by atoms with van der Waals surface area (Å²) in [5, 5.41) is 11.2. The molecule has 6 nitrogen and oxygen atoms in total. The first-order valence-electron chi connectivity index (χ1n) is 6.43. The lowest BCUT2D eigenvalue weighted by molar-refractivity contribution is -0.137. The highest BCUT2D eigenvalue weighted by atomic mass is 16.5. The van der Waals surface area contributed by atoms with Crippen LogP contribution in [-0.4, -0.2) is 41.7 Å². The van der Waals surface area contributed by atoms with Crippen LogP contribution in [0.4, 0.5) is 10.5 Å². The molecular weight excluding hydrogens is 260 g/mol. The van der Waals surface area contributed by atoms with Gasteiger partial charge < -0.3 is 20.1 Å². The second-order valence-electron chi connectivity index (χ2n) is 4.54. The Morgan fingerprint density at radius 2 is 2.15 bits per heavy atom. The smallest absolute Gasteiger partial charge is 0.323 e. The molecule has 6 heteroatoms. The van der Waals surface area contributed by atoms with E-state index in [2.05, 4.69) is 5.32 Å².